The van der Waals surface area contributed by atoms with Crippen molar-refractivity contribution in [3.63, 3.8) is 0 Å². The third kappa shape index (κ3) is 3.55. The van der Waals surface area contributed by atoms with Crippen LogP contribution in [0.4, 0.5) is 4.79 Å². The number of rotatable bonds is 5. The summed E-state index contributed by atoms with van der Waals surface area (Å²) in [5.41, 5.74) is 0.660. The molecule has 0 aliphatic carbocycles. The van der Waals surface area contributed by atoms with Crippen LogP contribution < -0.4 is 0 Å². The Labute approximate surface area is 165 Å². The van der Waals surface area contributed by atoms with Crippen LogP contribution in [0.2, 0.25) is 0 Å². The summed E-state index contributed by atoms with van der Waals surface area (Å²) in [6.45, 7) is 9.68. The van der Waals surface area contributed by atoms with Gasteiger partial charge in [0.2, 0.25) is 0 Å². The number of piperidine rings is 1. The molecule has 0 unspecified atom stereocenters. The Bertz CT molecular complexity index is 772. The van der Waals surface area contributed by atoms with Gasteiger partial charge in [0.25, 0.3) is 11.8 Å². The second-order valence-corrected chi connectivity index (χ2v) is 8.28. The van der Waals surface area contributed by atoms with E-state index in [4.69, 9.17) is 0 Å². The van der Waals surface area contributed by atoms with E-state index in [0.29, 0.717) is 44.7 Å². The Morgan fingerprint density at radius 3 is 2.50 bits per heavy atom. The number of imide groups is 1. The molecule has 8 nitrogen and oxygen atoms in total. The fourth-order valence-corrected chi connectivity index (χ4v) is 3.94. The molecule has 1 aromatic rings. The first-order chi connectivity index (χ1) is 13.3. The average molecular weight is 387 g/mol. The molecule has 0 atom stereocenters. The van der Waals surface area contributed by atoms with Crippen LogP contribution >= 0.6 is 0 Å². The van der Waals surface area contributed by atoms with E-state index >= 15 is 0 Å². The van der Waals surface area contributed by atoms with Crippen molar-refractivity contribution in [2.45, 2.75) is 46.1 Å². The topological polar surface area (TPSA) is 89.6 Å². The molecule has 1 N–H and O–H groups in total. The average Bonchev–Trinajstić information content (AvgIpc) is 3.24. The quantitative estimate of drug-likeness (QED) is 0.620. The molecule has 8 heteroatoms. The van der Waals surface area contributed by atoms with Gasteiger partial charge in [-0.25, -0.2) is 4.79 Å². The van der Waals surface area contributed by atoms with Gasteiger partial charge >= 0.3 is 6.03 Å². The zero-order valence-corrected chi connectivity index (χ0v) is 17.1. The third-order valence-corrected chi connectivity index (χ3v) is 5.46. The highest BCUT2D eigenvalue weighted by Crippen LogP contribution is 2.38. The highest BCUT2D eigenvalue weighted by Gasteiger charge is 2.57. The number of nitrogens with one attached hydrogen (secondary N) is 1. The summed E-state index contributed by atoms with van der Waals surface area (Å²) in [6, 6.07) is 1.42. The van der Waals surface area contributed by atoms with E-state index < -0.39 is 5.54 Å². The molecule has 2 saturated heterocycles. The van der Waals surface area contributed by atoms with Crippen molar-refractivity contribution < 1.29 is 14.4 Å². The van der Waals surface area contributed by atoms with Crippen LogP contribution in [0.1, 0.15) is 51.0 Å². The number of nitrogens with zero attached hydrogens (tertiary/aromatic N) is 4. The number of hydrogen-bond acceptors (Lipinski definition) is 4. The molecule has 3 heterocycles. The fourth-order valence-electron chi connectivity index (χ4n) is 3.94. The molecule has 152 valence electrons. The smallest absolute Gasteiger partial charge is 0.327 e. The Balaban J connectivity index is 1.81. The number of aromatic nitrogens is 2. The summed E-state index contributed by atoms with van der Waals surface area (Å²) in [4.78, 5) is 43.8. The van der Waals surface area contributed by atoms with E-state index in [2.05, 4.69) is 10.2 Å². The molecular formula is C20H29N5O3. The molecule has 2 aliphatic heterocycles. The highest BCUT2D eigenvalue weighted by molar-refractivity contribution is 6.07. The number of urea groups is 1. The number of H-pyrrole nitrogens is 1. The van der Waals surface area contributed by atoms with E-state index in [1.807, 2.05) is 33.8 Å². The molecular weight excluding hydrogens is 358 g/mol. The summed E-state index contributed by atoms with van der Waals surface area (Å²) in [6.07, 6.45) is 4.35. The van der Waals surface area contributed by atoms with Crippen LogP contribution in [0.5, 0.6) is 0 Å². The molecule has 0 saturated carbocycles. The molecule has 0 radical (unpaired) electrons. The second-order valence-electron chi connectivity index (χ2n) is 8.28. The number of amides is 4. The van der Waals surface area contributed by atoms with Gasteiger partial charge in [0.15, 0.2) is 0 Å². The number of aromatic amines is 1. The second kappa shape index (κ2) is 7.77. The number of carbonyl (C=O) groups is 3. The minimum atomic E-state index is -0.846. The lowest BCUT2D eigenvalue weighted by molar-refractivity contribution is -0.135. The van der Waals surface area contributed by atoms with E-state index in [1.54, 1.807) is 22.1 Å². The lowest BCUT2D eigenvalue weighted by Crippen LogP contribution is -2.58. The normalized spacial score (nSPS) is 19.1. The van der Waals surface area contributed by atoms with Crippen molar-refractivity contribution in [3.05, 3.63) is 29.6 Å². The van der Waals surface area contributed by atoms with Gasteiger partial charge in [-0.3, -0.25) is 19.6 Å². The predicted octanol–water partition coefficient (Wildman–Crippen LogP) is 2.27. The van der Waals surface area contributed by atoms with Gasteiger partial charge in [-0.15, -0.1) is 0 Å². The Morgan fingerprint density at radius 1 is 1.29 bits per heavy atom. The number of hydrogen-bond donors (Lipinski definition) is 1. The maximum Gasteiger partial charge on any atom is 0.327 e. The molecule has 0 aromatic carbocycles. The van der Waals surface area contributed by atoms with Crippen molar-refractivity contribution in [1.29, 1.82) is 0 Å². The summed E-state index contributed by atoms with van der Waals surface area (Å²) in [5, 5.41) is 6.52. The molecule has 1 spiro atoms. The van der Waals surface area contributed by atoms with Gasteiger partial charge in [-0.05, 0) is 38.7 Å². The summed E-state index contributed by atoms with van der Waals surface area (Å²) >= 11 is 0. The number of allylic oxidation sites excluding steroid dienone is 1. The molecule has 1 aromatic heterocycles. The first-order valence-electron chi connectivity index (χ1n) is 9.82. The Hall–Kier alpha value is -2.64. The number of likely N-dealkylation sites (tertiary alicyclic amines) is 1. The standard InChI is InChI=1S/C20H29N5O3/c1-14(2)6-10-24-18(27)20(25(19(24)28)13-15(3)4)7-11-23(12-8-20)17(26)16-5-9-21-22-16/h5-6,9,15H,7-8,10-13H2,1-4H3,(H,21,22). The predicted molar refractivity (Wildman–Crippen MR) is 105 cm³/mol. The molecule has 3 rings (SSSR count). The van der Waals surface area contributed by atoms with E-state index in [9.17, 15) is 14.4 Å². The van der Waals surface area contributed by atoms with Gasteiger partial charge in [-0.1, -0.05) is 25.5 Å². The van der Waals surface area contributed by atoms with Gasteiger partial charge in [0.05, 0.1) is 0 Å². The van der Waals surface area contributed by atoms with Crippen molar-refractivity contribution >= 4 is 17.8 Å². The fraction of sp³-hybridized carbons (Fsp3) is 0.600. The maximum absolute atomic E-state index is 13.3. The highest BCUT2D eigenvalue weighted by atomic mass is 16.2. The molecule has 2 fully saturated rings. The van der Waals surface area contributed by atoms with Gasteiger partial charge in [0, 0.05) is 32.4 Å². The van der Waals surface area contributed by atoms with Crippen LogP contribution in [0.15, 0.2) is 23.9 Å². The molecule has 2 aliphatic rings. The van der Waals surface area contributed by atoms with Crippen molar-refractivity contribution in [2.24, 2.45) is 5.92 Å². The first-order valence-corrected chi connectivity index (χ1v) is 9.82. The molecule has 4 amide bonds. The van der Waals surface area contributed by atoms with Crippen LogP contribution in [0.3, 0.4) is 0 Å². The third-order valence-electron chi connectivity index (χ3n) is 5.46. The lowest BCUT2D eigenvalue weighted by Gasteiger charge is -2.42. The van der Waals surface area contributed by atoms with Crippen LogP contribution in [-0.4, -0.2) is 74.5 Å². The zero-order valence-electron chi connectivity index (χ0n) is 17.1. The summed E-state index contributed by atoms with van der Waals surface area (Å²) in [7, 11) is 0. The van der Waals surface area contributed by atoms with Crippen LogP contribution in [-0.2, 0) is 4.79 Å². The largest absolute Gasteiger partial charge is 0.337 e. The van der Waals surface area contributed by atoms with E-state index in [0.717, 1.165) is 5.57 Å². The lowest BCUT2D eigenvalue weighted by atomic mass is 9.85. The Kier molecular flexibility index (Phi) is 5.58. The monoisotopic (exact) mass is 387 g/mol. The van der Waals surface area contributed by atoms with E-state index in [-0.39, 0.29) is 23.8 Å². The minimum Gasteiger partial charge on any atom is -0.337 e. The van der Waals surface area contributed by atoms with Crippen LogP contribution in [0.25, 0.3) is 0 Å². The molecule has 0 bridgehead atoms. The summed E-state index contributed by atoms with van der Waals surface area (Å²) in [5.74, 6) is -0.00750. The minimum absolute atomic E-state index is 0.124. The van der Waals surface area contributed by atoms with Crippen molar-refractivity contribution in [1.82, 2.24) is 24.9 Å². The number of carbonyl (C=O) groups excluding carboxylic acids is 3. The van der Waals surface area contributed by atoms with Crippen molar-refractivity contribution in [2.75, 3.05) is 26.2 Å². The van der Waals surface area contributed by atoms with Gasteiger partial charge in [-0.2, -0.15) is 5.10 Å². The van der Waals surface area contributed by atoms with Gasteiger partial charge in [0.1, 0.15) is 11.2 Å². The van der Waals surface area contributed by atoms with E-state index in [1.165, 1.54) is 4.90 Å². The van der Waals surface area contributed by atoms with Gasteiger partial charge < -0.3 is 9.80 Å². The van der Waals surface area contributed by atoms with Crippen molar-refractivity contribution in [3.8, 4) is 0 Å². The summed E-state index contributed by atoms with van der Waals surface area (Å²) < 4.78 is 0. The zero-order chi connectivity index (χ0) is 20.5. The maximum atomic E-state index is 13.3. The Morgan fingerprint density at radius 2 is 1.96 bits per heavy atom. The molecule has 28 heavy (non-hydrogen) atoms. The SMILES string of the molecule is CC(C)=CCN1C(=O)N(CC(C)C)C2(CCN(C(=O)c3ccn[nH]3)CC2)C1=O. The first kappa shape index (κ1) is 20.1. The van der Waals surface area contributed by atoms with Crippen LogP contribution in [0, 0.1) is 5.92 Å².